The molecule has 0 spiro atoms. The molecule has 0 aromatic heterocycles. The number of benzene rings is 4. The van der Waals surface area contributed by atoms with E-state index in [1.54, 1.807) is 0 Å². The molecule has 204 valence electrons. The first-order valence-electron chi connectivity index (χ1n) is 14.4. The minimum atomic E-state index is -3.02. The summed E-state index contributed by atoms with van der Waals surface area (Å²) in [7, 11) is -6.03. The summed E-state index contributed by atoms with van der Waals surface area (Å²) < 4.78 is 30.9. The third kappa shape index (κ3) is 6.92. The van der Waals surface area contributed by atoms with Gasteiger partial charge in [0.25, 0.3) is 0 Å². The predicted octanol–water partition coefficient (Wildman–Crippen LogP) is 8.38. The van der Waals surface area contributed by atoms with Crippen molar-refractivity contribution in [2.75, 3.05) is 12.3 Å². The van der Waals surface area contributed by atoms with E-state index >= 15 is 9.13 Å². The van der Waals surface area contributed by atoms with Gasteiger partial charge >= 0.3 is 0 Å². The number of hydrogen-bond donors (Lipinski definition) is 0. The molecule has 0 fully saturated rings. The van der Waals surface area contributed by atoms with Crippen molar-refractivity contribution in [3.8, 4) is 0 Å². The zero-order valence-electron chi connectivity index (χ0n) is 23.4. The molecule has 0 aliphatic heterocycles. The molecule has 0 amide bonds. The van der Waals surface area contributed by atoms with Crippen LogP contribution < -0.4 is 21.2 Å². The summed E-state index contributed by atoms with van der Waals surface area (Å²) in [6.07, 6.45) is 7.03. The van der Waals surface area contributed by atoms with E-state index in [4.69, 9.17) is 0 Å². The average Bonchev–Trinajstić information content (AvgIpc) is 3.00. The Balaban J connectivity index is 1.91. The zero-order valence-corrected chi connectivity index (χ0v) is 25.2. The van der Waals surface area contributed by atoms with Gasteiger partial charge in [0.15, 0.2) is 0 Å². The Morgan fingerprint density at radius 1 is 0.462 bits per heavy atom. The molecule has 0 heterocycles. The maximum absolute atomic E-state index is 15.4. The van der Waals surface area contributed by atoms with Crippen molar-refractivity contribution in [1.82, 2.24) is 0 Å². The minimum Gasteiger partial charge on any atom is -0.314 e. The van der Waals surface area contributed by atoms with Gasteiger partial charge in [0.05, 0.1) is 0 Å². The van der Waals surface area contributed by atoms with Crippen molar-refractivity contribution in [3.05, 3.63) is 121 Å². The summed E-state index contributed by atoms with van der Waals surface area (Å²) >= 11 is 0. The second kappa shape index (κ2) is 13.6. The van der Waals surface area contributed by atoms with Crippen LogP contribution in [0.4, 0.5) is 0 Å². The molecular formula is C35H42O2P2. The molecule has 0 saturated carbocycles. The van der Waals surface area contributed by atoms with Crippen LogP contribution in [0.2, 0.25) is 0 Å². The van der Waals surface area contributed by atoms with Crippen molar-refractivity contribution in [1.29, 1.82) is 0 Å². The highest BCUT2D eigenvalue weighted by Crippen LogP contribution is 2.58. The zero-order chi connectivity index (χ0) is 27.6. The van der Waals surface area contributed by atoms with E-state index in [1.807, 2.05) is 121 Å². The Labute approximate surface area is 235 Å². The van der Waals surface area contributed by atoms with E-state index in [9.17, 15) is 0 Å². The lowest BCUT2D eigenvalue weighted by atomic mass is 9.82. The molecule has 4 aromatic carbocycles. The molecule has 0 bridgehead atoms. The normalized spacial score (nSPS) is 12.4. The molecule has 0 unspecified atom stereocenters. The number of unbranched alkanes of at least 4 members (excludes halogenated alkanes) is 2. The summed E-state index contributed by atoms with van der Waals surface area (Å²) in [5, 5.41) is 3.57. The molecule has 0 saturated heterocycles. The third-order valence-electron chi connectivity index (χ3n) is 7.93. The molecule has 0 aliphatic rings. The van der Waals surface area contributed by atoms with Crippen LogP contribution in [0.5, 0.6) is 0 Å². The lowest BCUT2D eigenvalue weighted by molar-refractivity contribution is 0.295. The molecule has 0 radical (unpaired) electrons. The minimum absolute atomic E-state index is 0.339. The van der Waals surface area contributed by atoms with Crippen molar-refractivity contribution >= 4 is 35.5 Å². The average molecular weight is 557 g/mol. The highest BCUT2D eigenvalue weighted by Gasteiger charge is 2.45. The molecule has 39 heavy (non-hydrogen) atoms. The van der Waals surface area contributed by atoms with E-state index in [2.05, 4.69) is 13.8 Å². The first kappa shape index (κ1) is 29.3. The van der Waals surface area contributed by atoms with Gasteiger partial charge in [0, 0.05) is 33.5 Å². The van der Waals surface area contributed by atoms with Gasteiger partial charge in [-0.05, 0) is 18.3 Å². The first-order chi connectivity index (χ1) is 19.0. The molecule has 4 heteroatoms. The molecule has 0 aliphatic carbocycles. The quantitative estimate of drug-likeness (QED) is 0.146. The van der Waals surface area contributed by atoms with Crippen LogP contribution in [-0.4, -0.2) is 12.3 Å². The van der Waals surface area contributed by atoms with Crippen LogP contribution in [0, 0.1) is 5.41 Å². The highest BCUT2D eigenvalue weighted by molar-refractivity contribution is 7.79. The van der Waals surface area contributed by atoms with Crippen LogP contribution in [0.25, 0.3) is 0 Å². The van der Waals surface area contributed by atoms with Crippen LogP contribution in [0.15, 0.2) is 121 Å². The summed E-state index contributed by atoms with van der Waals surface area (Å²) in [6, 6.07) is 40.0. The maximum Gasteiger partial charge on any atom is 0.143 e. The van der Waals surface area contributed by atoms with Gasteiger partial charge in [0.1, 0.15) is 14.3 Å². The molecule has 0 N–H and O–H groups in total. The summed E-state index contributed by atoms with van der Waals surface area (Å²) in [5.74, 6) is 0. The third-order valence-corrected chi connectivity index (χ3v) is 14.7. The lowest BCUT2D eigenvalue weighted by Gasteiger charge is -2.40. The smallest absolute Gasteiger partial charge is 0.143 e. The second-order valence-corrected chi connectivity index (χ2v) is 16.5. The molecular weight excluding hydrogens is 514 g/mol. The van der Waals surface area contributed by atoms with Crippen molar-refractivity contribution in [2.24, 2.45) is 5.41 Å². The van der Waals surface area contributed by atoms with Crippen molar-refractivity contribution < 1.29 is 9.13 Å². The van der Waals surface area contributed by atoms with Crippen LogP contribution in [0.3, 0.4) is 0 Å². The number of rotatable bonds is 14. The summed E-state index contributed by atoms with van der Waals surface area (Å²) in [5.41, 5.74) is -0.339. The van der Waals surface area contributed by atoms with E-state index in [0.717, 1.165) is 59.7 Å². The summed E-state index contributed by atoms with van der Waals surface area (Å²) in [6.45, 7) is 4.43. The Morgan fingerprint density at radius 2 is 0.718 bits per heavy atom. The van der Waals surface area contributed by atoms with E-state index < -0.39 is 14.3 Å². The molecule has 4 aromatic rings. The fourth-order valence-electron chi connectivity index (χ4n) is 5.88. The van der Waals surface area contributed by atoms with Gasteiger partial charge < -0.3 is 9.13 Å². The van der Waals surface area contributed by atoms with Crippen molar-refractivity contribution in [2.45, 2.75) is 52.4 Å². The Morgan fingerprint density at radius 3 is 0.949 bits per heavy atom. The Kier molecular flexibility index (Phi) is 10.2. The lowest BCUT2D eigenvalue weighted by Crippen LogP contribution is -2.37. The van der Waals surface area contributed by atoms with Crippen LogP contribution >= 0.6 is 14.3 Å². The molecule has 0 atom stereocenters. The van der Waals surface area contributed by atoms with Gasteiger partial charge in [-0.2, -0.15) is 0 Å². The Bertz CT molecular complexity index is 1170. The summed E-state index contributed by atoms with van der Waals surface area (Å²) in [4.78, 5) is 0. The second-order valence-electron chi connectivity index (χ2n) is 10.8. The predicted molar refractivity (Wildman–Crippen MR) is 171 cm³/mol. The van der Waals surface area contributed by atoms with E-state index in [0.29, 0.717) is 12.3 Å². The standard InChI is InChI=1S/C35H42O2P2/c1-3-5-27-35(28-6-4-2,29-38(36,31-19-11-7-12-20-31)32-21-13-8-14-22-32)30-39(37,33-23-15-9-16-24-33)34-25-17-10-18-26-34/h7-26H,3-6,27-30H2,1-2H3. The van der Waals surface area contributed by atoms with Gasteiger partial charge in [-0.3, -0.25) is 0 Å². The fraction of sp³-hybridized carbons (Fsp3) is 0.314. The van der Waals surface area contributed by atoms with Crippen LogP contribution in [0.1, 0.15) is 52.4 Å². The van der Waals surface area contributed by atoms with Gasteiger partial charge in [-0.1, -0.05) is 161 Å². The number of hydrogen-bond acceptors (Lipinski definition) is 2. The van der Waals surface area contributed by atoms with Gasteiger partial charge in [0.2, 0.25) is 0 Å². The maximum atomic E-state index is 15.4. The SMILES string of the molecule is CCCCC(CCCC)(CP(=O)(c1ccccc1)c1ccccc1)CP(=O)(c1ccccc1)c1ccccc1. The van der Waals surface area contributed by atoms with Crippen LogP contribution in [-0.2, 0) is 9.13 Å². The van der Waals surface area contributed by atoms with E-state index in [-0.39, 0.29) is 5.41 Å². The molecule has 2 nitrogen and oxygen atoms in total. The largest absolute Gasteiger partial charge is 0.314 e. The van der Waals surface area contributed by atoms with Gasteiger partial charge in [-0.25, -0.2) is 0 Å². The van der Waals surface area contributed by atoms with Crippen molar-refractivity contribution in [3.63, 3.8) is 0 Å². The first-order valence-corrected chi connectivity index (χ1v) is 18.1. The molecule has 4 rings (SSSR count). The fourth-order valence-corrected chi connectivity index (χ4v) is 12.7. The van der Waals surface area contributed by atoms with Gasteiger partial charge in [-0.15, -0.1) is 0 Å². The Hall–Kier alpha value is -2.66. The van der Waals surface area contributed by atoms with E-state index in [1.165, 1.54) is 0 Å². The highest BCUT2D eigenvalue weighted by atomic mass is 31.2. The monoisotopic (exact) mass is 556 g/mol. The topological polar surface area (TPSA) is 34.1 Å².